The van der Waals surface area contributed by atoms with Gasteiger partial charge in [-0.25, -0.2) is 4.98 Å². The van der Waals surface area contributed by atoms with Crippen molar-refractivity contribution in [3.63, 3.8) is 0 Å². The molecule has 6 nitrogen and oxygen atoms in total. The molecule has 0 bridgehead atoms. The smallest absolute Gasteiger partial charge is 0.432 e. The van der Waals surface area contributed by atoms with Crippen molar-refractivity contribution in [3.05, 3.63) is 40.2 Å². The van der Waals surface area contributed by atoms with E-state index in [1.807, 2.05) is 0 Å². The zero-order valence-corrected chi connectivity index (χ0v) is 13.9. The average Bonchev–Trinajstić information content (AvgIpc) is 3.11. The van der Waals surface area contributed by atoms with Crippen LogP contribution in [0.4, 0.5) is 18.9 Å². The standard InChI is InChI=1S/C17H18F3N3O3/c18-17(19,20)15-9-21-16(22-15)12-6-7-14(13(8-12)23(24)25)26-10-11-4-2-1-3-5-11/h6-9,11H,1-5,10H2,(H,21,22). The number of hydrogen-bond acceptors (Lipinski definition) is 4. The summed E-state index contributed by atoms with van der Waals surface area (Å²) in [5.74, 6) is 0.411. The summed E-state index contributed by atoms with van der Waals surface area (Å²) in [4.78, 5) is 16.5. The number of rotatable bonds is 5. The second kappa shape index (κ2) is 7.35. The minimum absolute atomic E-state index is 0.0840. The summed E-state index contributed by atoms with van der Waals surface area (Å²) >= 11 is 0. The summed E-state index contributed by atoms with van der Waals surface area (Å²) in [6, 6.07) is 4.05. The first-order valence-corrected chi connectivity index (χ1v) is 8.38. The van der Waals surface area contributed by atoms with E-state index in [0.717, 1.165) is 25.7 Å². The van der Waals surface area contributed by atoms with Crippen LogP contribution in [0.3, 0.4) is 0 Å². The van der Waals surface area contributed by atoms with Crippen molar-refractivity contribution in [1.82, 2.24) is 9.97 Å². The number of nitro groups is 1. The van der Waals surface area contributed by atoms with E-state index in [4.69, 9.17) is 4.74 Å². The first kappa shape index (κ1) is 18.2. The molecule has 9 heteroatoms. The van der Waals surface area contributed by atoms with Crippen molar-refractivity contribution < 1.29 is 22.8 Å². The average molecular weight is 369 g/mol. The Morgan fingerprint density at radius 2 is 2.00 bits per heavy atom. The van der Waals surface area contributed by atoms with Crippen LogP contribution in [0.1, 0.15) is 37.8 Å². The molecule has 0 unspecified atom stereocenters. The van der Waals surface area contributed by atoms with E-state index in [1.165, 1.54) is 24.6 Å². The number of imidazole rings is 1. The molecule has 1 aromatic heterocycles. The first-order chi connectivity index (χ1) is 12.3. The van der Waals surface area contributed by atoms with Gasteiger partial charge in [-0.15, -0.1) is 0 Å². The maximum Gasteiger partial charge on any atom is 0.432 e. The minimum atomic E-state index is -4.56. The van der Waals surface area contributed by atoms with Crippen LogP contribution in [0, 0.1) is 16.0 Å². The lowest BCUT2D eigenvalue weighted by atomic mass is 9.90. The predicted molar refractivity (Wildman–Crippen MR) is 87.8 cm³/mol. The molecular formula is C17H18F3N3O3. The van der Waals surface area contributed by atoms with Gasteiger partial charge in [0.2, 0.25) is 0 Å². The van der Waals surface area contributed by atoms with Crippen LogP contribution in [0.5, 0.6) is 5.75 Å². The number of benzene rings is 1. The second-order valence-corrected chi connectivity index (χ2v) is 6.40. The molecule has 1 aliphatic carbocycles. The lowest BCUT2D eigenvalue weighted by molar-refractivity contribution is -0.385. The SMILES string of the molecule is O=[N+]([O-])c1cc(-c2ncc(C(F)(F)F)[nH]2)ccc1OCC1CCCCC1. The third kappa shape index (κ3) is 4.14. The van der Waals surface area contributed by atoms with Crippen molar-refractivity contribution in [2.75, 3.05) is 6.61 Å². The molecule has 0 spiro atoms. The number of hydrogen-bond donors (Lipinski definition) is 1. The molecule has 26 heavy (non-hydrogen) atoms. The Morgan fingerprint density at radius 1 is 1.27 bits per heavy atom. The number of aromatic nitrogens is 2. The van der Waals surface area contributed by atoms with E-state index in [9.17, 15) is 23.3 Å². The van der Waals surface area contributed by atoms with Gasteiger partial charge in [-0.05, 0) is 30.9 Å². The van der Waals surface area contributed by atoms with Gasteiger partial charge in [-0.2, -0.15) is 13.2 Å². The minimum Gasteiger partial charge on any atom is -0.487 e. The number of aromatic amines is 1. The Bertz CT molecular complexity index is 783. The molecule has 0 amide bonds. The molecule has 0 saturated heterocycles. The highest BCUT2D eigenvalue weighted by molar-refractivity contribution is 5.63. The molecule has 1 aliphatic rings. The Labute approximate surface area is 147 Å². The Morgan fingerprint density at radius 3 is 2.62 bits per heavy atom. The third-order valence-corrected chi connectivity index (χ3v) is 4.51. The van der Waals surface area contributed by atoms with E-state index in [-0.39, 0.29) is 22.8 Å². The van der Waals surface area contributed by atoms with Crippen LogP contribution in [-0.4, -0.2) is 21.5 Å². The number of alkyl halides is 3. The highest BCUT2D eigenvalue weighted by atomic mass is 19.4. The highest BCUT2D eigenvalue weighted by Crippen LogP contribution is 2.34. The van der Waals surface area contributed by atoms with Gasteiger partial charge in [0.1, 0.15) is 11.5 Å². The maximum atomic E-state index is 12.7. The monoisotopic (exact) mass is 369 g/mol. The lowest BCUT2D eigenvalue weighted by Gasteiger charge is -2.21. The molecule has 1 saturated carbocycles. The predicted octanol–water partition coefficient (Wildman–Crippen LogP) is 4.96. The number of nitrogens with zero attached hydrogens (tertiary/aromatic N) is 2. The van der Waals surface area contributed by atoms with Gasteiger partial charge < -0.3 is 9.72 Å². The molecule has 1 N–H and O–H groups in total. The first-order valence-electron chi connectivity index (χ1n) is 8.38. The second-order valence-electron chi connectivity index (χ2n) is 6.40. The normalized spacial score (nSPS) is 15.8. The number of nitrogens with one attached hydrogen (secondary N) is 1. The zero-order valence-electron chi connectivity index (χ0n) is 13.9. The summed E-state index contributed by atoms with van der Waals surface area (Å²) in [5.41, 5.74) is -1.10. The Hall–Kier alpha value is -2.58. The maximum absolute atomic E-state index is 12.7. The quantitative estimate of drug-likeness (QED) is 0.596. The van der Waals surface area contributed by atoms with Gasteiger partial charge in [-0.3, -0.25) is 10.1 Å². The molecule has 1 heterocycles. The van der Waals surface area contributed by atoms with E-state index in [0.29, 0.717) is 18.7 Å². The Balaban J connectivity index is 1.80. The fourth-order valence-electron chi connectivity index (χ4n) is 3.10. The third-order valence-electron chi connectivity index (χ3n) is 4.51. The zero-order chi connectivity index (χ0) is 18.7. The van der Waals surface area contributed by atoms with Crippen molar-refractivity contribution in [3.8, 4) is 17.1 Å². The van der Waals surface area contributed by atoms with Crippen LogP contribution in [0.25, 0.3) is 11.4 Å². The lowest BCUT2D eigenvalue weighted by Crippen LogP contribution is -2.15. The molecular weight excluding hydrogens is 351 g/mol. The summed E-state index contributed by atoms with van der Waals surface area (Å²) in [5, 5.41) is 11.3. The summed E-state index contributed by atoms with van der Waals surface area (Å²) < 4.78 is 43.6. The van der Waals surface area contributed by atoms with E-state index >= 15 is 0 Å². The molecule has 0 atom stereocenters. The number of nitro benzene ring substituents is 1. The van der Waals surface area contributed by atoms with Crippen LogP contribution in [0.2, 0.25) is 0 Å². The van der Waals surface area contributed by atoms with Crippen molar-refractivity contribution in [2.24, 2.45) is 5.92 Å². The largest absolute Gasteiger partial charge is 0.487 e. The molecule has 1 aromatic carbocycles. The molecule has 3 rings (SSSR count). The molecule has 0 aliphatic heterocycles. The number of H-pyrrole nitrogens is 1. The van der Waals surface area contributed by atoms with E-state index < -0.39 is 16.8 Å². The fraction of sp³-hybridized carbons (Fsp3) is 0.471. The number of ether oxygens (including phenoxy) is 1. The van der Waals surface area contributed by atoms with Gasteiger partial charge in [0.25, 0.3) is 0 Å². The molecule has 1 fully saturated rings. The van der Waals surface area contributed by atoms with E-state index in [1.54, 1.807) is 0 Å². The van der Waals surface area contributed by atoms with Crippen molar-refractivity contribution >= 4 is 5.69 Å². The van der Waals surface area contributed by atoms with Crippen LogP contribution >= 0.6 is 0 Å². The van der Waals surface area contributed by atoms with Gasteiger partial charge in [0.05, 0.1) is 17.7 Å². The topological polar surface area (TPSA) is 81.0 Å². The Kier molecular flexibility index (Phi) is 5.15. The van der Waals surface area contributed by atoms with Crippen LogP contribution in [-0.2, 0) is 6.18 Å². The molecule has 140 valence electrons. The van der Waals surface area contributed by atoms with Crippen LogP contribution in [0.15, 0.2) is 24.4 Å². The number of halogens is 3. The van der Waals surface area contributed by atoms with Gasteiger partial charge in [0.15, 0.2) is 5.75 Å². The van der Waals surface area contributed by atoms with Crippen molar-refractivity contribution in [2.45, 2.75) is 38.3 Å². The van der Waals surface area contributed by atoms with E-state index in [2.05, 4.69) is 9.97 Å². The van der Waals surface area contributed by atoms with Gasteiger partial charge in [0, 0.05) is 11.6 Å². The summed E-state index contributed by atoms with van der Waals surface area (Å²) in [6.07, 6.45) is 1.66. The molecule has 0 radical (unpaired) electrons. The fourth-order valence-corrected chi connectivity index (χ4v) is 3.10. The van der Waals surface area contributed by atoms with Gasteiger partial charge >= 0.3 is 11.9 Å². The summed E-state index contributed by atoms with van der Waals surface area (Å²) in [7, 11) is 0. The van der Waals surface area contributed by atoms with Crippen LogP contribution < -0.4 is 4.74 Å². The molecule has 2 aromatic rings. The summed E-state index contributed by atoms with van der Waals surface area (Å²) in [6.45, 7) is 0.402. The highest BCUT2D eigenvalue weighted by Gasteiger charge is 2.33. The van der Waals surface area contributed by atoms with Crippen molar-refractivity contribution in [1.29, 1.82) is 0 Å². The van der Waals surface area contributed by atoms with Gasteiger partial charge in [-0.1, -0.05) is 19.3 Å².